The zero-order valence-corrected chi connectivity index (χ0v) is 16.3. The number of rotatable bonds is 5. The van der Waals surface area contributed by atoms with Crippen molar-refractivity contribution < 1.29 is 14.6 Å². The second-order valence-corrected chi connectivity index (χ2v) is 8.32. The number of carbonyl (C=O) groups excluding carboxylic acids is 1. The van der Waals surface area contributed by atoms with E-state index in [9.17, 15) is 9.90 Å². The number of hydrogen-bond acceptors (Lipinski definition) is 5. The van der Waals surface area contributed by atoms with E-state index in [1.54, 1.807) is 6.20 Å². The predicted molar refractivity (Wildman–Crippen MR) is 98.7 cm³/mol. The van der Waals surface area contributed by atoms with Gasteiger partial charge < -0.3 is 14.7 Å². The highest BCUT2D eigenvalue weighted by molar-refractivity contribution is 5.76. The molecule has 0 saturated carbocycles. The van der Waals surface area contributed by atoms with Crippen LogP contribution >= 0.6 is 0 Å². The second kappa shape index (κ2) is 7.66. The third kappa shape index (κ3) is 4.10. The van der Waals surface area contributed by atoms with E-state index in [0.717, 1.165) is 32.0 Å². The van der Waals surface area contributed by atoms with E-state index >= 15 is 0 Å². The highest BCUT2D eigenvalue weighted by Gasteiger charge is 2.49. The maximum absolute atomic E-state index is 12.7. The van der Waals surface area contributed by atoms with Crippen LogP contribution in [0.15, 0.2) is 12.3 Å². The summed E-state index contributed by atoms with van der Waals surface area (Å²) in [5.74, 6) is 0.160. The van der Waals surface area contributed by atoms with Crippen molar-refractivity contribution in [3.63, 3.8) is 0 Å². The molecule has 0 radical (unpaired) electrons. The zero-order valence-electron chi connectivity index (χ0n) is 16.3. The van der Waals surface area contributed by atoms with Gasteiger partial charge in [0.2, 0.25) is 5.91 Å². The Labute approximate surface area is 155 Å². The maximum Gasteiger partial charge on any atom is 0.222 e. The smallest absolute Gasteiger partial charge is 0.222 e. The van der Waals surface area contributed by atoms with Gasteiger partial charge in [0.05, 0.1) is 18.8 Å². The number of likely N-dealkylation sites (tertiary alicyclic amines) is 1. The Morgan fingerprint density at radius 2 is 2.04 bits per heavy atom. The van der Waals surface area contributed by atoms with Crippen molar-refractivity contribution in [2.45, 2.75) is 38.7 Å². The van der Waals surface area contributed by atoms with Gasteiger partial charge in [-0.1, -0.05) is 13.8 Å². The summed E-state index contributed by atoms with van der Waals surface area (Å²) in [6.07, 6.45) is 3.56. The maximum atomic E-state index is 12.7. The number of hydrogen-bond donors (Lipinski definition) is 1. The van der Waals surface area contributed by atoms with E-state index in [1.807, 2.05) is 22.7 Å². The van der Waals surface area contributed by atoms with Gasteiger partial charge in [-0.25, -0.2) is 0 Å². The van der Waals surface area contributed by atoms with Gasteiger partial charge >= 0.3 is 0 Å². The van der Waals surface area contributed by atoms with Gasteiger partial charge in [0, 0.05) is 63.5 Å². The van der Waals surface area contributed by atoms with Crippen LogP contribution in [0.3, 0.4) is 0 Å². The van der Waals surface area contributed by atoms with Crippen LogP contribution in [-0.4, -0.2) is 82.1 Å². The minimum absolute atomic E-state index is 0.160. The van der Waals surface area contributed by atoms with Crippen molar-refractivity contribution in [3.8, 4) is 0 Å². The second-order valence-electron chi connectivity index (χ2n) is 8.32. The van der Waals surface area contributed by atoms with E-state index < -0.39 is 5.60 Å². The number of aliphatic hydroxyl groups is 1. The monoisotopic (exact) mass is 364 g/mol. The van der Waals surface area contributed by atoms with Crippen molar-refractivity contribution in [2.75, 3.05) is 45.9 Å². The molecule has 7 nitrogen and oxygen atoms in total. The van der Waals surface area contributed by atoms with Crippen LogP contribution in [0.4, 0.5) is 0 Å². The molecule has 0 bridgehead atoms. The Hall–Kier alpha value is -1.44. The molecule has 7 heteroatoms. The minimum atomic E-state index is -0.775. The molecule has 2 fully saturated rings. The first-order valence-electron chi connectivity index (χ1n) is 9.58. The fourth-order valence-corrected chi connectivity index (χ4v) is 4.04. The number of aryl methyl sites for hydroxylation is 2. The molecule has 3 heterocycles. The van der Waals surface area contributed by atoms with Crippen molar-refractivity contribution in [1.82, 2.24) is 19.6 Å². The Bertz CT molecular complexity index is 624. The number of amides is 1. The molecule has 0 spiro atoms. The fourth-order valence-electron chi connectivity index (χ4n) is 4.04. The van der Waals surface area contributed by atoms with Gasteiger partial charge in [-0.2, -0.15) is 5.10 Å². The molecule has 1 aromatic rings. The molecule has 3 rings (SSSR count). The summed E-state index contributed by atoms with van der Waals surface area (Å²) in [6, 6.07) is 1.95. The summed E-state index contributed by atoms with van der Waals surface area (Å²) in [5.41, 5.74) is -0.0482. The average Bonchev–Trinajstić information content (AvgIpc) is 3.01. The zero-order chi connectivity index (χ0) is 18.8. The number of morpholine rings is 1. The first-order valence-corrected chi connectivity index (χ1v) is 9.58. The molecule has 1 amide bonds. The van der Waals surface area contributed by atoms with E-state index in [-0.39, 0.29) is 11.3 Å². The topological polar surface area (TPSA) is 70.8 Å². The van der Waals surface area contributed by atoms with E-state index in [1.165, 1.54) is 0 Å². The van der Waals surface area contributed by atoms with E-state index in [0.29, 0.717) is 38.9 Å². The Morgan fingerprint density at radius 3 is 2.65 bits per heavy atom. The van der Waals surface area contributed by atoms with Crippen molar-refractivity contribution in [3.05, 3.63) is 18.0 Å². The molecule has 2 aliphatic rings. The summed E-state index contributed by atoms with van der Waals surface area (Å²) in [6.45, 7) is 9.22. The molecule has 1 aromatic heterocycles. The minimum Gasteiger partial charge on any atom is -0.388 e. The lowest BCUT2D eigenvalue weighted by Gasteiger charge is -2.52. The Morgan fingerprint density at radius 1 is 1.31 bits per heavy atom. The number of carbonyl (C=O) groups is 1. The first kappa shape index (κ1) is 19.3. The van der Waals surface area contributed by atoms with Gasteiger partial charge in [0.25, 0.3) is 0 Å². The van der Waals surface area contributed by atoms with Crippen LogP contribution in [0.1, 0.15) is 32.4 Å². The van der Waals surface area contributed by atoms with Crippen LogP contribution < -0.4 is 0 Å². The van der Waals surface area contributed by atoms with E-state index in [4.69, 9.17) is 4.74 Å². The first-order chi connectivity index (χ1) is 12.3. The standard InChI is InChI=1S/C19H32N4O3/c1-18(2)14-23(17(24)5-4-16-6-8-20-21(16)3)9-7-19(18,25)15-22-10-12-26-13-11-22/h6,8,25H,4-5,7,9-15H2,1-3H3. The normalized spacial score (nSPS) is 26.8. The fraction of sp³-hybridized carbons (Fsp3) is 0.789. The highest BCUT2D eigenvalue weighted by Crippen LogP contribution is 2.39. The highest BCUT2D eigenvalue weighted by atomic mass is 16.5. The largest absolute Gasteiger partial charge is 0.388 e. The quantitative estimate of drug-likeness (QED) is 0.832. The number of ether oxygens (including phenoxy) is 1. The number of aromatic nitrogens is 2. The molecule has 146 valence electrons. The third-order valence-corrected chi connectivity index (χ3v) is 6.10. The SMILES string of the molecule is Cn1nccc1CCC(=O)N1CCC(O)(CN2CCOCC2)C(C)(C)C1. The average molecular weight is 364 g/mol. The van der Waals surface area contributed by atoms with Crippen LogP contribution in [0.5, 0.6) is 0 Å². The van der Waals surface area contributed by atoms with Crippen LogP contribution in [-0.2, 0) is 23.0 Å². The predicted octanol–water partition coefficient (Wildman–Crippen LogP) is 0.675. The lowest BCUT2D eigenvalue weighted by molar-refractivity contribution is -0.157. The van der Waals surface area contributed by atoms with Crippen molar-refractivity contribution in [2.24, 2.45) is 12.5 Å². The molecular weight excluding hydrogens is 332 g/mol. The van der Waals surface area contributed by atoms with Crippen LogP contribution in [0, 0.1) is 5.41 Å². The van der Waals surface area contributed by atoms with Crippen molar-refractivity contribution >= 4 is 5.91 Å². The molecule has 2 aliphatic heterocycles. The summed E-state index contributed by atoms with van der Waals surface area (Å²) in [7, 11) is 1.90. The summed E-state index contributed by atoms with van der Waals surface area (Å²) < 4.78 is 7.22. The molecule has 0 aromatic carbocycles. The molecule has 1 atom stereocenters. The van der Waals surface area contributed by atoms with Crippen LogP contribution in [0.25, 0.3) is 0 Å². The van der Waals surface area contributed by atoms with Gasteiger partial charge in [-0.3, -0.25) is 14.4 Å². The van der Waals surface area contributed by atoms with Gasteiger partial charge in [0.15, 0.2) is 0 Å². The molecule has 2 saturated heterocycles. The van der Waals surface area contributed by atoms with Crippen LogP contribution in [0.2, 0.25) is 0 Å². The van der Waals surface area contributed by atoms with E-state index in [2.05, 4.69) is 23.8 Å². The number of nitrogens with zero attached hydrogens (tertiary/aromatic N) is 4. The summed E-state index contributed by atoms with van der Waals surface area (Å²) >= 11 is 0. The number of β-amino-alcohol motifs (C(OH)–C–C–N with tert-alkyl or cyclic N) is 1. The molecular formula is C19H32N4O3. The Balaban J connectivity index is 1.56. The van der Waals surface area contributed by atoms with Gasteiger partial charge in [-0.05, 0) is 18.9 Å². The Kier molecular flexibility index (Phi) is 5.69. The molecule has 0 aliphatic carbocycles. The van der Waals surface area contributed by atoms with Gasteiger partial charge in [-0.15, -0.1) is 0 Å². The molecule has 1 N–H and O–H groups in total. The number of piperidine rings is 1. The van der Waals surface area contributed by atoms with Crippen molar-refractivity contribution in [1.29, 1.82) is 0 Å². The van der Waals surface area contributed by atoms with Gasteiger partial charge in [0.1, 0.15) is 0 Å². The lowest BCUT2D eigenvalue weighted by Crippen LogP contribution is -2.63. The lowest BCUT2D eigenvalue weighted by atomic mass is 9.69. The molecule has 1 unspecified atom stereocenters. The molecule has 26 heavy (non-hydrogen) atoms. The summed E-state index contributed by atoms with van der Waals surface area (Å²) in [5, 5.41) is 15.5. The summed E-state index contributed by atoms with van der Waals surface area (Å²) in [4.78, 5) is 16.9. The third-order valence-electron chi connectivity index (χ3n) is 6.10.